The van der Waals surface area contributed by atoms with Crippen LogP contribution in [0.4, 0.5) is 11.5 Å². The highest BCUT2D eigenvalue weighted by Gasteiger charge is 2.19. The number of piperidine rings is 1. The fraction of sp³-hybridized carbons (Fsp3) is 0.333. The molecule has 4 rings (SSSR count). The number of anilines is 2. The summed E-state index contributed by atoms with van der Waals surface area (Å²) in [6, 6.07) is 11.1. The van der Waals surface area contributed by atoms with E-state index in [4.69, 9.17) is 0 Å². The zero-order chi connectivity index (χ0) is 19.3. The number of para-hydroxylation sites is 2. The van der Waals surface area contributed by atoms with Gasteiger partial charge in [-0.1, -0.05) is 12.1 Å². The monoisotopic (exact) mass is 377 g/mol. The molecule has 1 aliphatic heterocycles. The van der Waals surface area contributed by atoms with Crippen LogP contribution in [-0.2, 0) is 11.3 Å². The smallest absolute Gasteiger partial charge is 0.294 e. The third kappa shape index (κ3) is 3.88. The maximum atomic E-state index is 13.2. The summed E-state index contributed by atoms with van der Waals surface area (Å²) in [5.41, 5.74) is 2.10. The molecule has 28 heavy (non-hydrogen) atoms. The topological polar surface area (TPSA) is 80.1 Å². The zero-order valence-corrected chi connectivity index (χ0v) is 15.7. The number of hydrogen-bond acceptors (Lipinski definition) is 5. The van der Waals surface area contributed by atoms with Gasteiger partial charge in [-0.2, -0.15) is 0 Å². The molecule has 3 heterocycles. The second kappa shape index (κ2) is 8.21. The molecule has 0 spiro atoms. The molecular formula is C21H23N5O2. The number of aryl methyl sites for hydroxylation is 1. The molecule has 2 aromatic heterocycles. The Hall–Kier alpha value is -3.22. The lowest BCUT2D eigenvalue weighted by atomic mass is 10.1. The summed E-state index contributed by atoms with van der Waals surface area (Å²) in [4.78, 5) is 36.2. The summed E-state index contributed by atoms with van der Waals surface area (Å²) in [5, 5.41) is 2.84. The first kappa shape index (κ1) is 18.2. The molecule has 1 aromatic carbocycles. The number of benzene rings is 1. The van der Waals surface area contributed by atoms with E-state index >= 15 is 0 Å². The van der Waals surface area contributed by atoms with E-state index in [0.717, 1.165) is 37.0 Å². The van der Waals surface area contributed by atoms with Crippen LogP contribution < -0.4 is 15.8 Å². The van der Waals surface area contributed by atoms with Crippen LogP contribution in [0.2, 0.25) is 0 Å². The average molecular weight is 377 g/mol. The fourth-order valence-corrected chi connectivity index (χ4v) is 3.58. The molecule has 3 aromatic rings. The molecular weight excluding hydrogens is 354 g/mol. The Labute approximate surface area is 163 Å². The SMILES string of the molecule is O=C(CCn1c(=O)c(N2CCCCC2)nc2ccccc21)Nc1ccncc1. The van der Waals surface area contributed by atoms with Crippen molar-refractivity contribution in [3.8, 4) is 0 Å². The highest BCUT2D eigenvalue weighted by atomic mass is 16.2. The van der Waals surface area contributed by atoms with Crippen molar-refractivity contribution in [3.05, 3.63) is 59.1 Å². The first-order chi connectivity index (χ1) is 13.7. The quantitative estimate of drug-likeness (QED) is 0.740. The van der Waals surface area contributed by atoms with Gasteiger partial charge in [-0.05, 0) is 43.5 Å². The van der Waals surface area contributed by atoms with Gasteiger partial charge in [0.1, 0.15) is 0 Å². The highest BCUT2D eigenvalue weighted by Crippen LogP contribution is 2.18. The lowest BCUT2D eigenvalue weighted by Gasteiger charge is -2.27. The minimum Gasteiger partial charge on any atom is -0.352 e. The van der Waals surface area contributed by atoms with Crippen molar-refractivity contribution in [1.29, 1.82) is 0 Å². The molecule has 0 bridgehead atoms. The van der Waals surface area contributed by atoms with Gasteiger partial charge in [-0.3, -0.25) is 14.6 Å². The lowest BCUT2D eigenvalue weighted by molar-refractivity contribution is -0.116. The van der Waals surface area contributed by atoms with Crippen LogP contribution in [0.5, 0.6) is 0 Å². The predicted octanol–water partition coefficient (Wildman–Crippen LogP) is 2.81. The standard InChI is InChI=1S/C21H23N5O2/c27-19(23-16-8-11-22-12-9-16)10-15-26-18-7-3-2-6-17(18)24-20(21(26)28)25-13-4-1-5-14-25/h2-3,6-9,11-12H,1,4-5,10,13-15H2,(H,22,23,27). The Morgan fingerprint density at radius 2 is 1.79 bits per heavy atom. The Kier molecular flexibility index (Phi) is 5.32. The van der Waals surface area contributed by atoms with Crippen molar-refractivity contribution >= 4 is 28.4 Å². The molecule has 0 saturated carbocycles. The lowest BCUT2D eigenvalue weighted by Crippen LogP contribution is -2.37. The van der Waals surface area contributed by atoms with Crippen molar-refractivity contribution in [1.82, 2.24) is 14.5 Å². The summed E-state index contributed by atoms with van der Waals surface area (Å²) >= 11 is 0. The molecule has 1 saturated heterocycles. The molecule has 1 fully saturated rings. The highest BCUT2D eigenvalue weighted by molar-refractivity contribution is 5.90. The number of pyridine rings is 1. The number of amides is 1. The average Bonchev–Trinajstić information content (AvgIpc) is 2.74. The Bertz CT molecular complexity index is 1030. The Morgan fingerprint density at radius 3 is 2.57 bits per heavy atom. The first-order valence-corrected chi connectivity index (χ1v) is 9.67. The summed E-state index contributed by atoms with van der Waals surface area (Å²) in [5.74, 6) is 0.353. The van der Waals surface area contributed by atoms with E-state index in [1.165, 1.54) is 6.42 Å². The van der Waals surface area contributed by atoms with Gasteiger partial charge in [0.2, 0.25) is 5.91 Å². The van der Waals surface area contributed by atoms with Crippen LogP contribution in [0.15, 0.2) is 53.6 Å². The van der Waals surface area contributed by atoms with Crippen LogP contribution in [0.25, 0.3) is 11.0 Å². The summed E-state index contributed by atoms with van der Waals surface area (Å²) < 4.78 is 1.68. The fourth-order valence-electron chi connectivity index (χ4n) is 3.58. The van der Waals surface area contributed by atoms with Gasteiger partial charge >= 0.3 is 0 Å². The van der Waals surface area contributed by atoms with Crippen LogP contribution in [0.3, 0.4) is 0 Å². The Morgan fingerprint density at radius 1 is 1.04 bits per heavy atom. The summed E-state index contributed by atoms with van der Waals surface area (Å²) in [6.45, 7) is 2.01. The normalized spacial score (nSPS) is 14.2. The van der Waals surface area contributed by atoms with E-state index in [1.807, 2.05) is 24.3 Å². The van der Waals surface area contributed by atoms with Crippen LogP contribution in [0.1, 0.15) is 25.7 Å². The van der Waals surface area contributed by atoms with E-state index in [2.05, 4.69) is 20.2 Å². The number of carbonyl (C=O) groups excluding carboxylic acids is 1. The second-order valence-corrected chi connectivity index (χ2v) is 6.96. The number of hydrogen-bond donors (Lipinski definition) is 1. The first-order valence-electron chi connectivity index (χ1n) is 9.67. The number of fused-ring (bicyclic) bond motifs is 1. The number of nitrogens with one attached hydrogen (secondary N) is 1. The van der Waals surface area contributed by atoms with Crippen molar-refractivity contribution < 1.29 is 4.79 Å². The maximum absolute atomic E-state index is 13.2. The van der Waals surface area contributed by atoms with Crippen molar-refractivity contribution in [3.63, 3.8) is 0 Å². The molecule has 144 valence electrons. The number of nitrogens with zero attached hydrogens (tertiary/aromatic N) is 4. The van der Waals surface area contributed by atoms with Gasteiger partial charge in [0.15, 0.2) is 5.82 Å². The van der Waals surface area contributed by atoms with Gasteiger partial charge in [0.25, 0.3) is 5.56 Å². The van der Waals surface area contributed by atoms with Gasteiger partial charge in [-0.25, -0.2) is 4.98 Å². The molecule has 7 heteroatoms. The number of aromatic nitrogens is 3. The minimum atomic E-state index is -0.140. The molecule has 1 N–H and O–H groups in total. The van der Waals surface area contributed by atoms with Crippen molar-refractivity contribution in [2.75, 3.05) is 23.3 Å². The molecule has 0 radical (unpaired) electrons. The third-order valence-corrected chi connectivity index (χ3v) is 5.02. The Balaban J connectivity index is 1.60. The molecule has 1 amide bonds. The van der Waals surface area contributed by atoms with Crippen LogP contribution in [0, 0.1) is 0 Å². The van der Waals surface area contributed by atoms with E-state index in [1.54, 1.807) is 29.1 Å². The van der Waals surface area contributed by atoms with Gasteiger partial charge in [0, 0.05) is 44.1 Å². The van der Waals surface area contributed by atoms with E-state index in [-0.39, 0.29) is 17.9 Å². The molecule has 1 aliphatic rings. The molecule has 0 atom stereocenters. The van der Waals surface area contributed by atoms with Crippen LogP contribution in [-0.4, -0.2) is 33.5 Å². The third-order valence-electron chi connectivity index (χ3n) is 5.02. The van der Waals surface area contributed by atoms with Crippen molar-refractivity contribution in [2.45, 2.75) is 32.2 Å². The van der Waals surface area contributed by atoms with Gasteiger partial charge in [0.05, 0.1) is 11.0 Å². The summed E-state index contributed by atoms with van der Waals surface area (Å²) in [7, 11) is 0. The second-order valence-electron chi connectivity index (χ2n) is 6.96. The molecule has 7 nitrogen and oxygen atoms in total. The van der Waals surface area contributed by atoms with Crippen LogP contribution >= 0.6 is 0 Å². The number of carbonyl (C=O) groups is 1. The number of rotatable bonds is 5. The maximum Gasteiger partial charge on any atom is 0.294 e. The van der Waals surface area contributed by atoms with E-state index in [0.29, 0.717) is 18.1 Å². The predicted molar refractivity (Wildman–Crippen MR) is 110 cm³/mol. The largest absolute Gasteiger partial charge is 0.352 e. The van der Waals surface area contributed by atoms with Gasteiger partial charge in [-0.15, -0.1) is 0 Å². The van der Waals surface area contributed by atoms with E-state index < -0.39 is 0 Å². The molecule has 0 aliphatic carbocycles. The zero-order valence-electron chi connectivity index (χ0n) is 15.7. The van der Waals surface area contributed by atoms with Crippen molar-refractivity contribution in [2.24, 2.45) is 0 Å². The summed E-state index contributed by atoms with van der Waals surface area (Å²) in [6.07, 6.45) is 6.79. The molecule has 0 unspecified atom stereocenters. The van der Waals surface area contributed by atoms with Gasteiger partial charge < -0.3 is 14.8 Å². The van der Waals surface area contributed by atoms with E-state index in [9.17, 15) is 9.59 Å². The minimum absolute atomic E-state index is 0.127.